The van der Waals surface area contributed by atoms with Gasteiger partial charge in [0.2, 0.25) is 0 Å². The molecule has 0 fully saturated rings. The minimum Gasteiger partial charge on any atom is -0.171 e. The van der Waals surface area contributed by atoms with Crippen molar-refractivity contribution in [1.29, 1.82) is 0 Å². The van der Waals surface area contributed by atoms with Crippen LogP contribution >= 0.6 is 15.9 Å². The van der Waals surface area contributed by atoms with Gasteiger partial charge in [0, 0.05) is 4.83 Å². The zero-order valence-electron chi connectivity index (χ0n) is 9.18. The van der Waals surface area contributed by atoms with Gasteiger partial charge in [-0.05, 0) is 17.0 Å². The molecule has 1 aromatic rings. The predicted octanol–water partition coefficient (Wildman–Crippen LogP) is 5.20. The van der Waals surface area contributed by atoms with E-state index in [9.17, 15) is 13.2 Å². The highest BCUT2D eigenvalue weighted by Gasteiger charge is 2.31. The Hall–Kier alpha value is -0.510. The fraction of sp³-hybridized carbons (Fsp3) is 0.500. The molecule has 1 unspecified atom stereocenters. The first-order valence-corrected chi connectivity index (χ1v) is 6.02. The molecule has 0 bridgehead atoms. The average Bonchev–Trinajstić information content (AvgIpc) is 2.15. The van der Waals surface area contributed by atoms with Crippen LogP contribution in [-0.2, 0) is 0 Å². The van der Waals surface area contributed by atoms with Crippen LogP contribution in [0.2, 0.25) is 0 Å². The van der Waals surface area contributed by atoms with Crippen LogP contribution in [0.3, 0.4) is 0 Å². The summed E-state index contributed by atoms with van der Waals surface area (Å²) in [5.74, 6) is 0.394. The van der Waals surface area contributed by atoms with Gasteiger partial charge in [0.25, 0.3) is 0 Å². The molecule has 0 aliphatic rings. The topological polar surface area (TPSA) is 0 Å². The van der Waals surface area contributed by atoms with E-state index in [0.29, 0.717) is 11.5 Å². The van der Waals surface area contributed by atoms with E-state index in [1.807, 2.05) is 12.1 Å². The fourth-order valence-electron chi connectivity index (χ4n) is 1.41. The van der Waals surface area contributed by atoms with Crippen LogP contribution in [0, 0.1) is 0 Å². The van der Waals surface area contributed by atoms with E-state index in [2.05, 4.69) is 29.8 Å². The Balaban J connectivity index is 2.74. The van der Waals surface area contributed by atoms with E-state index in [4.69, 9.17) is 0 Å². The van der Waals surface area contributed by atoms with Gasteiger partial charge in [0.1, 0.15) is 0 Å². The zero-order valence-corrected chi connectivity index (χ0v) is 10.8. The van der Waals surface area contributed by atoms with Gasteiger partial charge in [0.15, 0.2) is 0 Å². The fourth-order valence-corrected chi connectivity index (χ4v) is 2.08. The van der Waals surface area contributed by atoms with Crippen LogP contribution in [-0.4, -0.2) is 6.18 Å². The molecule has 4 heteroatoms. The summed E-state index contributed by atoms with van der Waals surface area (Å²) in [4.78, 5) is -0.659. The summed E-state index contributed by atoms with van der Waals surface area (Å²) < 4.78 is 36.5. The van der Waals surface area contributed by atoms with Crippen LogP contribution in [0.1, 0.15) is 42.1 Å². The Labute approximate surface area is 102 Å². The third-order valence-corrected chi connectivity index (χ3v) is 3.23. The summed E-state index contributed by atoms with van der Waals surface area (Å²) in [5, 5.41) is 0. The van der Waals surface area contributed by atoms with Gasteiger partial charge in [-0.25, -0.2) is 0 Å². The second-order valence-corrected chi connectivity index (χ2v) is 5.21. The van der Waals surface area contributed by atoms with Crippen molar-refractivity contribution >= 4 is 15.9 Å². The molecule has 90 valence electrons. The van der Waals surface area contributed by atoms with E-state index in [1.54, 1.807) is 12.1 Å². The molecule has 16 heavy (non-hydrogen) atoms. The molecule has 0 heterocycles. The summed E-state index contributed by atoms with van der Waals surface area (Å²) >= 11 is 3.06. The minimum absolute atomic E-state index is 0.394. The van der Waals surface area contributed by atoms with Gasteiger partial charge in [-0.15, -0.1) is 0 Å². The number of alkyl halides is 4. The monoisotopic (exact) mass is 294 g/mol. The van der Waals surface area contributed by atoms with Crippen LogP contribution in [0.25, 0.3) is 0 Å². The standard InChI is InChI=1S/C12H14BrF3/c1-8(2)9-3-5-10(6-4-9)11(13)7-12(14,15)16/h3-6,8,11H,7H2,1-2H3. The Morgan fingerprint density at radius 2 is 1.50 bits per heavy atom. The molecule has 0 aliphatic carbocycles. The molecule has 0 nitrogen and oxygen atoms in total. The summed E-state index contributed by atoms with van der Waals surface area (Å²) in [6.07, 6.45) is -4.97. The summed E-state index contributed by atoms with van der Waals surface area (Å²) in [6.45, 7) is 4.10. The largest absolute Gasteiger partial charge is 0.390 e. The Morgan fingerprint density at radius 3 is 1.88 bits per heavy atom. The van der Waals surface area contributed by atoms with Crippen LogP contribution in [0.15, 0.2) is 24.3 Å². The first-order chi connectivity index (χ1) is 7.29. The van der Waals surface area contributed by atoms with E-state index >= 15 is 0 Å². The molecule has 1 atom stereocenters. The molecule has 0 amide bonds. The molecule has 0 N–H and O–H groups in total. The molecule has 1 rings (SSSR count). The zero-order chi connectivity index (χ0) is 12.3. The lowest BCUT2D eigenvalue weighted by molar-refractivity contribution is -0.134. The van der Waals surface area contributed by atoms with Gasteiger partial charge < -0.3 is 0 Å². The molecule has 0 radical (unpaired) electrons. The quantitative estimate of drug-likeness (QED) is 0.672. The summed E-state index contributed by atoms with van der Waals surface area (Å²) in [5.41, 5.74) is 1.80. The average molecular weight is 295 g/mol. The van der Waals surface area contributed by atoms with Gasteiger partial charge in [0.05, 0.1) is 6.42 Å². The Morgan fingerprint density at radius 1 is 1.06 bits per heavy atom. The van der Waals surface area contributed by atoms with Crippen molar-refractivity contribution in [1.82, 2.24) is 0 Å². The smallest absolute Gasteiger partial charge is 0.171 e. The molecule has 0 aliphatic heterocycles. The SMILES string of the molecule is CC(C)c1ccc(C(Br)CC(F)(F)F)cc1. The lowest BCUT2D eigenvalue weighted by Crippen LogP contribution is -2.10. The maximum atomic E-state index is 12.2. The Kier molecular flexibility index (Phi) is 4.42. The van der Waals surface area contributed by atoms with Gasteiger partial charge in [-0.2, -0.15) is 13.2 Å². The minimum atomic E-state index is -4.13. The van der Waals surface area contributed by atoms with Gasteiger partial charge >= 0.3 is 6.18 Å². The number of rotatable bonds is 3. The maximum Gasteiger partial charge on any atom is 0.390 e. The van der Waals surface area contributed by atoms with Gasteiger partial charge in [-0.3, -0.25) is 0 Å². The molecule has 0 saturated heterocycles. The van der Waals surface area contributed by atoms with Crippen molar-refractivity contribution < 1.29 is 13.2 Å². The van der Waals surface area contributed by atoms with Crippen LogP contribution < -0.4 is 0 Å². The highest BCUT2D eigenvalue weighted by molar-refractivity contribution is 9.09. The molecule has 0 saturated carbocycles. The normalized spacial score (nSPS) is 14.2. The van der Waals surface area contributed by atoms with Crippen molar-refractivity contribution in [2.24, 2.45) is 0 Å². The number of benzene rings is 1. The van der Waals surface area contributed by atoms with Crippen molar-refractivity contribution in [3.63, 3.8) is 0 Å². The third-order valence-electron chi connectivity index (χ3n) is 2.38. The highest BCUT2D eigenvalue weighted by Crippen LogP contribution is 2.35. The lowest BCUT2D eigenvalue weighted by atomic mass is 10.0. The summed E-state index contributed by atoms with van der Waals surface area (Å²) in [6, 6.07) is 7.26. The van der Waals surface area contributed by atoms with Crippen molar-refractivity contribution in [2.45, 2.75) is 37.2 Å². The van der Waals surface area contributed by atoms with E-state index < -0.39 is 17.4 Å². The number of hydrogen-bond acceptors (Lipinski definition) is 0. The van der Waals surface area contributed by atoms with E-state index in [-0.39, 0.29) is 0 Å². The molecular formula is C12H14BrF3. The van der Waals surface area contributed by atoms with Crippen LogP contribution in [0.5, 0.6) is 0 Å². The Bertz CT molecular complexity index is 327. The van der Waals surface area contributed by atoms with Crippen molar-refractivity contribution in [2.75, 3.05) is 0 Å². The molecule has 0 aromatic heterocycles. The first-order valence-electron chi connectivity index (χ1n) is 5.10. The lowest BCUT2D eigenvalue weighted by Gasteiger charge is -2.14. The number of hydrogen-bond donors (Lipinski definition) is 0. The van der Waals surface area contributed by atoms with Crippen molar-refractivity contribution in [3.05, 3.63) is 35.4 Å². The third kappa shape index (κ3) is 4.16. The van der Waals surface area contributed by atoms with Gasteiger partial charge in [-0.1, -0.05) is 54.0 Å². The maximum absolute atomic E-state index is 12.2. The highest BCUT2D eigenvalue weighted by atomic mass is 79.9. The van der Waals surface area contributed by atoms with E-state index in [0.717, 1.165) is 5.56 Å². The van der Waals surface area contributed by atoms with E-state index in [1.165, 1.54) is 0 Å². The first kappa shape index (κ1) is 13.6. The predicted molar refractivity (Wildman–Crippen MR) is 62.9 cm³/mol. The van der Waals surface area contributed by atoms with Crippen LogP contribution in [0.4, 0.5) is 13.2 Å². The molecule has 1 aromatic carbocycles. The second kappa shape index (κ2) is 5.21. The second-order valence-electron chi connectivity index (χ2n) is 4.11. The summed E-state index contributed by atoms with van der Waals surface area (Å²) in [7, 11) is 0. The van der Waals surface area contributed by atoms with Crippen molar-refractivity contribution in [3.8, 4) is 0 Å². The molecule has 0 spiro atoms. The molecular weight excluding hydrogens is 281 g/mol. The number of halogens is 4.